The van der Waals surface area contributed by atoms with Gasteiger partial charge in [-0.3, -0.25) is 0 Å². The maximum absolute atomic E-state index is 3.29. The van der Waals surface area contributed by atoms with Crippen molar-refractivity contribution in [1.29, 1.82) is 0 Å². The molecule has 0 aliphatic carbocycles. The number of fused-ring (bicyclic) bond motifs is 6. The van der Waals surface area contributed by atoms with Crippen molar-refractivity contribution >= 4 is 32.3 Å². The van der Waals surface area contributed by atoms with Crippen LogP contribution in [-0.4, -0.2) is 0 Å². The highest BCUT2D eigenvalue weighted by Crippen LogP contribution is 2.34. The zero-order valence-corrected chi connectivity index (χ0v) is 10.7. The van der Waals surface area contributed by atoms with Gasteiger partial charge in [0.25, 0.3) is 0 Å². The average molecular weight is 240 g/mol. The maximum Gasteiger partial charge on any atom is 0.0406 e. The minimum atomic E-state index is 1.17. The second-order valence-electron chi connectivity index (χ2n) is 4.99. The Labute approximate surface area is 112 Å². The molecule has 0 N–H and O–H groups in total. The lowest BCUT2D eigenvalue weighted by Crippen LogP contribution is -1.83. The SMILES string of the molecule is Cc1ccc2c(c1)c1c#cccc1c1ccccc12. The van der Waals surface area contributed by atoms with Crippen LogP contribution < -0.4 is 0 Å². The van der Waals surface area contributed by atoms with Gasteiger partial charge >= 0.3 is 0 Å². The van der Waals surface area contributed by atoms with E-state index >= 15 is 0 Å². The summed E-state index contributed by atoms with van der Waals surface area (Å²) in [7, 11) is 0. The van der Waals surface area contributed by atoms with Crippen LogP contribution in [0.4, 0.5) is 0 Å². The van der Waals surface area contributed by atoms with Gasteiger partial charge in [0.2, 0.25) is 0 Å². The van der Waals surface area contributed by atoms with E-state index in [1.54, 1.807) is 0 Å². The molecule has 0 heteroatoms. The highest BCUT2D eigenvalue weighted by Gasteiger charge is 2.07. The lowest BCUT2D eigenvalue weighted by atomic mass is 9.94. The van der Waals surface area contributed by atoms with E-state index in [0.717, 1.165) is 0 Å². The van der Waals surface area contributed by atoms with E-state index < -0.39 is 0 Å². The van der Waals surface area contributed by atoms with Crippen LogP contribution >= 0.6 is 0 Å². The molecule has 0 saturated carbocycles. The Kier molecular flexibility index (Phi) is 2.05. The minimum absolute atomic E-state index is 1.17. The number of benzene rings is 3. The van der Waals surface area contributed by atoms with Gasteiger partial charge in [0, 0.05) is 5.39 Å². The van der Waals surface area contributed by atoms with Gasteiger partial charge in [-0.05, 0) is 46.0 Å². The zero-order chi connectivity index (χ0) is 12.8. The summed E-state index contributed by atoms with van der Waals surface area (Å²) >= 11 is 0. The average Bonchev–Trinajstić information content (AvgIpc) is 2.47. The predicted octanol–water partition coefficient (Wildman–Crippen LogP) is 5.06. The van der Waals surface area contributed by atoms with E-state index in [0.29, 0.717) is 0 Å². The van der Waals surface area contributed by atoms with Gasteiger partial charge < -0.3 is 0 Å². The second kappa shape index (κ2) is 3.73. The van der Waals surface area contributed by atoms with E-state index in [1.807, 2.05) is 6.07 Å². The van der Waals surface area contributed by atoms with Crippen molar-refractivity contribution in [3.63, 3.8) is 0 Å². The molecule has 0 spiro atoms. The third kappa shape index (κ3) is 1.42. The van der Waals surface area contributed by atoms with Crippen LogP contribution in [-0.2, 0) is 0 Å². The quantitative estimate of drug-likeness (QED) is 0.377. The van der Waals surface area contributed by atoms with Crippen molar-refractivity contribution in [1.82, 2.24) is 0 Å². The molecule has 0 saturated heterocycles. The van der Waals surface area contributed by atoms with E-state index in [2.05, 4.69) is 67.6 Å². The van der Waals surface area contributed by atoms with Crippen molar-refractivity contribution in [2.24, 2.45) is 0 Å². The standard InChI is InChI=1S/C19H12/c1-13-10-11-18-16-8-3-2-6-14(16)15-7-4-5-9-17(15)19(18)12-13/h2-4,6-8,10-12H,1H3. The van der Waals surface area contributed by atoms with Crippen LogP contribution in [0.5, 0.6) is 0 Å². The molecular formula is C19H12. The van der Waals surface area contributed by atoms with Gasteiger partial charge in [0.1, 0.15) is 0 Å². The molecule has 4 aromatic carbocycles. The maximum atomic E-state index is 3.29. The number of aryl methyl sites for hydroxylation is 1. The van der Waals surface area contributed by atoms with Crippen molar-refractivity contribution in [3.05, 3.63) is 72.3 Å². The molecule has 19 heavy (non-hydrogen) atoms. The Morgan fingerprint density at radius 1 is 0.737 bits per heavy atom. The fourth-order valence-corrected chi connectivity index (χ4v) is 2.88. The summed E-state index contributed by atoms with van der Waals surface area (Å²) in [5.41, 5.74) is 1.28. The molecule has 0 amide bonds. The first-order valence-corrected chi connectivity index (χ1v) is 6.48. The van der Waals surface area contributed by atoms with Crippen LogP contribution in [0.3, 0.4) is 0 Å². The molecular weight excluding hydrogens is 228 g/mol. The molecule has 0 radical (unpaired) electrons. The summed E-state index contributed by atoms with van der Waals surface area (Å²) in [6.07, 6.45) is 0. The van der Waals surface area contributed by atoms with Gasteiger partial charge in [0.15, 0.2) is 0 Å². The molecule has 0 fully saturated rings. The largest absolute Gasteiger partial charge is 0.0695 e. The highest BCUT2D eigenvalue weighted by atomic mass is 14.1. The lowest BCUT2D eigenvalue weighted by Gasteiger charge is -2.09. The molecule has 0 atom stereocenters. The summed E-state index contributed by atoms with van der Waals surface area (Å²) in [4.78, 5) is 0. The first kappa shape index (κ1) is 10.4. The van der Waals surface area contributed by atoms with Crippen LogP contribution in [0.2, 0.25) is 0 Å². The Bertz CT molecular complexity index is 881. The number of rotatable bonds is 0. The Hall–Kier alpha value is -2.52. The Balaban J connectivity index is 2.43. The number of hydrogen-bond donors (Lipinski definition) is 0. The molecule has 4 aromatic rings. The third-order valence-corrected chi connectivity index (χ3v) is 3.75. The van der Waals surface area contributed by atoms with Crippen molar-refractivity contribution in [2.75, 3.05) is 0 Å². The van der Waals surface area contributed by atoms with Crippen molar-refractivity contribution < 1.29 is 0 Å². The molecule has 0 heterocycles. The smallest absolute Gasteiger partial charge is 0.0406 e. The highest BCUT2D eigenvalue weighted by molar-refractivity contribution is 6.24. The molecule has 4 rings (SSSR count). The van der Waals surface area contributed by atoms with Gasteiger partial charge in [-0.2, -0.15) is 0 Å². The van der Waals surface area contributed by atoms with E-state index in [9.17, 15) is 0 Å². The molecule has 0 bridgehead atoms. The molecule has 0 unspecified atom stereocenters. The first-order valence-electron chi connectivity index (χ1n) is 6.48. The van der Waals surface area contributed by atoms with Gasteiger partial charge in [-0.15, -0.1) is 0 Å². The molecule has 0 nitrogen and oxygen atoms in total. The minimum Gasteiger partial charge on any atom is -0.0695 e. The van der Waals surface area contributed by atoms with E-state index in [-0.39, 0.29) is 0 Å². The monoisotopic (exact) mass is 240 g/mol. The summed E-state index contributed by atoms with van der Waals surface area (Å²) in [5, 5.41) is 7.59. The summed E-state index contributed by atoms with van der Waals surface area (Å²) in [6.45, 7) is 2.13. The molecule has 0 aliphatic rings. The van der Waals surface area contributed by atoms with E-state index in [1.165, 1.54) is 37.9 Å². The molecule has 88 valence electrons. The van der Waals surface area contributed by atoms with E-state index in [4.69, 9.17) is 0 Å². The van der Waals surface area contributed by atoms with Gasteiger partial charge in [-0.25, -0.2) is 0 Å². The topological polar surface area (TPSA) is 0 Å². The first-order chi connectivity index (χ1) is 9.34. The number of hydrogen-bond acceptors (Lipinski definition) is 0. The second-order valence-corrected chi connectivity index (χ2v) is 4.99. The Morgan fingerprint density at radius 2 is 1.47 bits per heavy atom. The lowest BCUT2D eigenvalue weighted by molar-refractivity contribution is 1.51. The normalized spacial score (nSPS) is 11.0. The zero-order valence-electron chi connectivity index (χ0n) is 10.7. The summed E-state index contributed by atoms with van der Waals surface area (Å²) in [5.74, 6) is 0. The van der Waals surface area contributed by atoms with Crippen LogP contribution in [0.15, 0.2) is 54.6 Å². The predicted molar refractivity (Wildman–Crippen MR) is 81.4 cm³/mol. The molecule has 0 aromatic heterocycles. The van der Waals surface area contributed by atoms with Crippen molar-refractivity contribution in [2.45, 2.75) is 6.92 Å². The molecule has 0 aliphatic heterocycles. The van der Waals surface area contributed by atoms with Crippen LogP contribution in [0.1, 0.15) is 5.56 Å². The summed E-state index contributed by atoms with van der Waals surface area (Å²) < 4.78 is 0. The fraction of sp³-hybridized carbons (Fsp3) is 0.0526. The van der Waals surface area contributed by atoms with Gasteiger partial charge in [0.05, 0.1) is 0 Å². The third-order valence-electron chi connectivity index (χ3n) is 3.75. The Morgan fingerprint density at radius 3 is 2.32 bits per heavy atom. The van der Waals surface area contributed by atoms with Crippen LogP contribution in [0.25, 0.3) is 32.3 Å². The van der Waals surface area contributed by atoms with Gasteiger partial charge in [-0.1, -0.05) is 60.2 Å². The summed E-state index contributed by atoms with van der Waals surface area (Å²) in [6, 6.07) is 25.7. The van der Waals surface area contributed by atoms with Crippen molar-refractivity contribution in [3.8, 4) is 0 Å². The van der Waals surface area contributed by atoms with Crippen LogP contribution in [0, 0.1) is 19.1 Å². The fourth-order valence-electron chi connectivity index (χ4n) is 2.88.